The van der Waals surface area contributed by atoms with Gasteiger partial charge in [-0.15, -0.1) is 0 Å². The Hall–Kier alpha value is -0.710. The van der Waals surface area contributed by atoms with Crippen molar-refractivity contribution in [2.24, 2.45) is 0 Å². The molecule has 2 N–H and O–H groups in total. The first-order valence-corrected chi connectivity index (χ1v) is 6.71. The van der Waals surface area contributed by atoms with Gasteiger partial charge in [-0.1, -0.05) is 23.8 Å². The lowest BCUT2D eigenvalue weighted by Gasteiger charge is -2.09. The molecule has 0 saturated carbocycles. The number of benzene rings is 1. The van der Waals surface area contributed by atoms with E-state index in [0.717, 1.165) is 16.7 Å². The molecular formula is C12H18O3S. The average molecular weight is 242 g/mol. The van der Waals surface area contributed by atoms with Gasteiger partial charge < -0.3 is 10.2 Å². The lowest BCUT2D eigenvalue weighted by molar-refractivity contribution is 0.113. The van der Waals surface area contributed by atoms with Gasteiger partial charge in [-0.25, -0.2) is 0 Å². The number of hydrogen-bond donors (Lipinski definition) is 2. The van der Waals surface area contributed by atoms with Crippen molar-refractivity contribution < 1.29 is 14.4 Å². The molecule has 3 nitrogen and oxygen atoms in total. The molecule has 0 heterocycles. The molecule has 0 aliphatic heterocycles. The molecule has 90 valence electrons. The van der Waals surface area contributed by atoms with Crippen LogP contribution in [-0.2, 0) is 16.6 Å². The van der Waals surface area contributed by atoms with E-state index in [1.807, 2.05) is 32.0 Å². The zero-order valence-electron chi connectivity index (χ0n) is 9.64. The van der Waals surface area contributed by atoms with Gasteiger partial charge in [-0.3, -0.25) is 4.21 Å². The Morgan fingerprint density at radius 3 is 2.69 bits per heavy atom. The second kappa shape index (κ2) is 6.13. The fraction of sp³-hybridized carbons (Fsp3) is 0.500. The summed E-state index contributed by atoms with van der Waals surface area (Å²) < 4.78 is 11.7. The Morgan fingerprint density at radius 2 is 2.06 bits per heavy atom. The third kappa shape index (κ3) is 4.04. The minimum absolute atomic E-state index is 0.129. The quantitative estimate of drug-likeness (QED) is 0.807. The van der Waals surface area contributed by atoms with Crippen LogP contribution in [-0.4, -0.2) is 32.9 Å². The second-order valence-corrected chi connectivity index (χ2v) is 5.52. The van der Waals surface area contributed by atoms with Crippen molar-refractivity contribution in [3.8, 4) is 0 Å². The van der Waals surface area contributed by atoms with Crippen LogP contribution in [0.4, 0.5) is 0 Å². The van der Waals surface area contributed by atoms with E-state index in [2.05, 4.69) is 0 Å². The highest BCUT2D eigenvalue weighted by atomic mass is 32.2. The van der Waals surface area contributed by atoms with Crippen LogP contribution in [0.1, 0.15) is 16.7 Å². The van der Waals surface area contributed by atoms with Crippen LogP contribution in [0.25, 0.3) is 0 Å². The monoisotopic (exact) mass is 242 g/mol. The molecule has 0 spiro atoms. The Labute approximate surface area is 98.6 Å². The number of hydrogen-bond acceptors (Lipinski definition) is 3. The van der Waals surface area contributed by atoms with Gasteiger partial charge in [0.05, 0.1) is 18.5 Å². The lowest BCUT2D eigenvalue weighted by atomic mass is 10.1. The van der Waals surface area contributed by atoms with E-state index in [9.17, 15) is 9.32 Å². The van der Waals surface area contributed by atoms with Gasteiger partial charge in [0.15, 0.2) is 0 Å². The van der Waals surface area contributed by atoms with Gasteiger partial charge in [0.1, 0.15) is 0 Å². The summed E-state index contributed by atoms with van der Waals surface area (Å²) in [5, 5.41) is 17.9. The third-order valence-corrected chi connectivity index (χ3v) is 3.80. The molecule has 0 aliphatic carbocycles. The van der Waals surface area contributed by atoms with Crippen molar-refractivity contribution in [2.75, 3.05) is 12.4 Å². The van der Waals surface area contributed by atoms with Crippen molar-refractivity contribution in [2.45, 2.75) is 25.7 Å². The summed E-state index contributed by atoms with van der Waals surface area (Å²) >= 11 is 0. The fourth-order valence-electron chi connectivity index (χ4n) is 1.46. The molecule has 16 heavy (non-hydrogen) atoms. The Bertz CT molecular complexity index is 377. The molecule has 1 rings (SSSR count). The Balaban J connectivity index is 2.65. The minimum Gasteiger partial charge on any atom is -0.394 e. The standard InChI is InChI=1S/C12H18O3S/c1-9-3-4-10(2)11(5-9)7-16(15)8-12(14)6-13/h3-5,12-14H,6-8H2,1-2H3. The molecule has 2 unspecified atom stereocenters. The summed E-state index contributed by atoms with van der Waals surface area (Å²) in [5.41, 5.74) is 3.29. The van der Waals surface area contributed by atoms with E-state index in [0.29, 0.717) is 5.75 Å². The van der Waals surface area contributed by atoms with Crippen LogP contribution < -0.4 is 0 Å². The molecule has 0 aliphatic rings. The normalized spacial score (nSPS) is 14.8. The fourth-order valence-corrected chi connectivity index (χ4v) is 2.77. The van der Waals surface area contributed by atoms with Gasteiger partial charge >= 0.3 is 0 Å². The Kier molecular flexibility index (Phi) is 5.12. The number of aliphatic hydroxyl groups excluding tert-OH is 2. The summed E-state index contributed by atoms with van der Waals surface area (Å²) in [6.07, 6.45) is -0.883. The summed E-state index contributed by atoms with van der Waals surface area (Å²) in [5.74, 6) is 0.564. The van der Waals surface area contributed by atoms with E-state index < -0.39 is 16.9 Å². The van der Waals surface area contributed by atoms with Crippen molar-refractivity contribution in [3.63, 3.8) is 0 Å². The molecule has 1 aromatic rings. The molecule has 0 bridgehead atoms. The average Bonchev–Trinajstić information content (AvgIpc) is 2.23. The molecule has 4 heteroatoms. The maximum atomic E-state index is 11.7. The molecule has 0 aromatic heterocycles. The van der Waals surface area contributed by atoms with Crippen molar-refractivity contribution in [3.05, 3.63) is 34.9 Å². The topological polar surface area (TPSA) is 57.5 Å². The summed E-state index contributed by atoms with van der Waals surface area (Å²) in [4.78, 5) is 0. The van der Waals surface area contributed by atoms with E-state index in [1.165, 1.54) is 0 Å². The molecule has 0 radical (unpaired) electrons. The van der Waals surface area contributed by atoms with Crippen molar-refractivity contribution >= 4 is 10.8 Å². The van der Waals surface area contributed by atoms with Gasteiger partial charge in [-0.05, 0) is 25.0 Å². The maximum absolute atomic E-state index is 11.7. The van der Waals surface area contributed by atoms with Gasteiger partial charge in [0.2, 0.25) is 0 Å². The summed E-state index contributed by atoms with van der Waals surface area (Å²) in [6, 6.07) is 6.03. The predicted octanol–water partition coefficient (Wildman–Crippen LogP) is 0.905. The first-order valence-electron chi connectivity index (χ1n) is 5.23. The molecule has 0 fully saturated rings. The Morgan fingerprint density at radius 1 is 1.38 bits per heavy atom. The molecule has 0 amide bonds. The van der Waals surface area contributed by atoms with Crippen LogP contribution in [0.3, 0.4) is 0 Å². The van der Waals surface area contributed by atoms with E-state index in [-0.39, 0.29) is 12.4 Å². The van der Waals surface area contributed by atoms with Crippen LogP contribution in [0.2, 0.25) is 0 Å². The van der Waals surface area contributed by atoms with Gasteiger partial charge in [0.25, 0.3) is 0 Å². The smallest absolute Gasteiger partial charge is 0.0885 e. The van der Waals surface area contributed by atoms with E-state index >= 15 is 0 Å². The highest BCUT2D eigenvalue weighted by molar-refractivity contribution is 7.84. The molecule has 0 saturated heterocycles. The van der Waals surface area contributed by atoms with Crippen LogP contribution in [0.15, 0.2) is 18.2 Å². The van der Waals surface area contributed by atoms with Crippen LogP contribution in [0.5, 0.6) is 0 Å². The molecular weight excluding hydrogens is 224 g/mol. The molecule has 1 aromatic carbocycles. The number of aliphatic hydroxyl groups is 2. The highest BCUT2D eigenvalue weighted by Crippen LogP contribution is 2.13. The van der Waals surface area contributed by atoms with Crippen molar-refractivity contribution in [1.82, 2.24) is 0 Å². The van der Waals surface area contributed by atoms with Crippen molar-refractivity contribution in [1.29, 1.82) is 0 Å². The first-order chi connectivity index (χ1) is 7.52. The zero-order valence-corrected chi connectivity index (χ0v) is 10.5. The maximum Gasteiger partial charge on any atom is 0.0885 e. The molecule has 2 atom stereocenters. The van der Waals surface area contributed by atoms with E-state index in [1.54, 1.807) is 0 Å². The summed E-state index contributed by atoms with van der Waals surface area (Å²) in [7, 11) is -1.13. The summed E-state index contributed by atoms with van der Waals surface area (Å²) in [6.45, 7) is 3.64. The zero-order chi connectivity index (χ0) is 12.1. The number of aryl methyl sites for hydroxylation is 2. The minimum atomic E-state index is -1.13. The SMILES string of the molecule is Cc1ccc(C)c(CS(=O)CC(O)CO)c1. The second-order valence-electron chi connectivity index (χ2n) is 4.02. The highest BCUT2D eigenvalue weighted by Gasteiger charge is 2.10. The lowest BCUT2D eigenvalue weighted by Crippen LogP contribution is -2.21. The first kappa shape index (κ1) is 13.4. The van der Waals surface area contributed by atoms with Gasteiger partial charge in [0, 0.05) is 16.6 Å². The van der Waals surface area contributed by atoms with Crippen LogP contribution >= 0.6 is 0 Å². The van der Waals surface area contributed by atoms with E-state index in [4.69, 9.17) is 5.11 Å². The number of rotatable bonds is 5. The largest absolute Gasteiger partial charge is 0.394 e. The third-order valence-electron chi connectivity index (χ3n) is 2.41. The predicted molar refractivity (Wildman–Crippen MR) is 65.7 cm³/mol. The van der Waals surface area contributed by atoms with Gasteiger partial charge in [-0.2, -0.15) is 0 Å². The van der Waals surface area contributed by atoms with Crippen LogP contribution in [0, 0.1) is 13.8 Å².